The lowest BCUT2D eigenvalue weighted by molar-refractivity contribution is -0.134. The Balaban J connectivity index is 0. The smallest absolute Gasteiger partial charge is 0.300 e. The summed E-state index contributed by atoms with van der Waals surface area (Å²) in [5.74, 6) is -0.833. The summed E-state index contributed by atoms with van der Waals surface area (Å²) in [7, 11) is 0. The van der Waals surface area contributed by atoms with E-state index in [9.17, 15) is 0 Å². The third-order valence-electron chi connectivity index (χ3n) is 2.62. The monoisotopic (exact) mass is 256 g/mol. The fourth-order valence-corrected chi connectivity index (χ4v) is 1.60. The number of rotatable bonds is 10. The molecule has 2 nitrogen and oxygen atoms in total. The first-order valence-electron chi connectivity index (χ1n) is 7.49. The summed E-state index contributed by atoms with van der Waals surface area (Å²) in [6.07, 6.45) is 18.5. The van der Waals surface area contributed by atoms with Crippen LogP contribution in [0.4, 0.5) is 0 Å². The number of unbranched alkanes of at least 4 members (excludes halogenated alkanes) is 8. The summed E-state index contributed by atoms with van der Waals surface area (Å²) < 4.78 is 0. The fourth-order valence-electron chi connectivity index (χ4n) is 1.60. The van der Waals surface area contributed by atoms with Crippen molar-refractivity contribution in [3.05, 3.63) is 12.2 Å². The topological polar surface area (TPSA) is 37.3 Å². The summed E-state index contributed by atoms with van der Waals surface area (Å²) in [6, 6.07) is 0. The Morgan fingerprint density at radius 1 is 0.833 bits per heavy atom. The SMILES string of the molecule is CC(=O)O.CCCCC=CCCCCCCCC. The van der Waals surface area contributed by atoms with Gasteiger partial charge in [0.15, 0.2) is 0 Å². The Kier molecular flexibility index (Phi) is 20.2. The van der Waals surface area contributed by atoms with Crippen molar-refractivity contribution in [2.45, 2.75) is 85.0 Å². The van der Waals surface area contributed by atoms with Crippen LogP contribution in [0.25, 0.3) is 0 Å². The number of carboxylic acids is 1. The first kappa shape index (κ1) is 19.5. The highest BCUT2D eigenvalue weighted by atomic mass is 16.4. The molecule has 1 N–H and O–H groups in total. The zero-order valence-corrected chi connectivity index (χ0v) is 12.6. The summed E-state index contributed by atoms with van der Waals surface area (Å²) in [5.41, 5.74) is 0. The van der Waals surface area contributed by atoms with Crippen molar-refractivity contribution in [2.75, 3.05) is 0 Å². The van der Waals surface area contributed by atoms with Crippen LogP contribution in [0.5, 0.6) is 0 Å². The molecule has 0 aliphatic rings. The van der Waals surface area contributed by atoms with Crippen molar-refractivity contribution in [1.29, 1.82) is 0 Å². The van der Waals surface area contributed by atoms with Crippen LogP contribution in [-0.4, -0.2) is 11.1 Å². The first-order chi connectivity index (χ1) is 8.65. The van der Waals surface area contributed by atoms with E-state index in [4.69, 9.17) is 9.90 Å². The highest BCUT2D eigenvalue weighted by Crippen LogP contribution is 2.07. The average Bonchev–Trinajstić information content (AvgIpc) is 2.31. The Morgan fingerprint density at radius 2 is 1.22 bits per heavy atom. The summed E-state index contributed by atoms with van der Waals surface area (Å²) in [4.78, 5) is 9.00. The van der Waals surface area contributed by atoms with Crippen molar-refractivity contribution in [1.82, 2.24) is 0 Å². The largest absolute Gasteiger partial charge is 0.481 e. The summed E-state index contributed by atoms with van der Waals surface area (Å²) >= 11 is 0. The van der Waals surface area contributed by atoms with E-state index in [0.29, 0.717) is 0 Å². The maximum absolute atomic E-state index is 9.00. The van der Waals surface area contributed by atoms with Crippen LogP contribution in [-0.2, 0) is 4.79 Å². The highest BCUT2D eigenvalue weighted by molar-refractivity contribution is 5.62. The van der Waals surface area contributed by atoms with E-state index < -0.39 is 5.97 Å². The van der Waals surface area contributed by atoms with Crippen LogP contribution in [0.3, 0.4) is 0 Å². The molecule has 0 saturated carbocycles. The van der Waals surface area contributed by atoms with E-state index in [-0.39, 0.29) is 0 Å². The molecule has 0 fully saturated rings. The van der Waals surface area contributed by atoms with Gasteiger partial charge >= 0.3 is 0 Å². The number of carbonyl (C=O) groups is 1. The molecule has 108 valence electrons. The van der Waals surface area contributed by atoms with Gasteiger partial charge in [-0.25, -0.2) is 0 Å². The zero-order valence-electron chi connectivity index (χ0n) is 12.6. The van der Waals surface area contributed by atoms with Crippen molar-refractivity contribution in [3.8, 4) is 0 Å². The molecular formula is C16H32O2. The van der Waals surface area contributed by atoms with Crippen LogP contribution >= 0.6 is 0 Å². The standard InChI is InChI=1S/C14H28.C2H4O2/c1-3-5-7-9-11-13-14-12-10-8-6-4-2;1-2(3)4/h9,11H,3-8,10,12-14H2,1-2H3;1H3,(H,3,4). The molecule has 0 saturated heterocycles. The zero-order chi connectivity index (χ0) is 14.1. The van der Waals surface area contributed by atoms with Gasteiger partial charge in [0.1, 0.15) is 0 Å². The molecule has 0 rings (SSSR count). The molecule has 0 radical (unpaired) electrons. The van der Waals surface area contributed by atoms with Crippen LogP contribution in [0.15, 0.2) is 12.2 Å². The van der Waals surface area contributed by atoms with Gasteiger partial charge in [-0.15, -0.1) is 0 Å². The lowest BCUT2D eigenvalue weighted by atomic mass is 10.1. The molecule has 0 amide bonds. The van der Waals surface area contributed by atoms with Gasteiger partial charge in [-0.3, -0.25) is 4.79 Å². The third kappa shape index (κ3) is 29.5. The number of allylic oxidation sites excluding steroid dienone is 2. The lowest BCUT2D eigenvalue weighted by Crippen LogP contribution is -1.78. The van der Waals surface area contributed by atoms with Crippen LogP contribution in [0, 0.1) is 0 Å². The van der Waals surface area contributed by atoms with Crippen molar-refractivity contribution >= 4 is 5.97 Å². The van der Waals surface area contributed by atoms with Crippen molar-refractivity contribution < 1.29 is 9.90 Å². The van der Waals surface area contributed by atoms with Crippen LogP contribution in [0.2, 0.25) is 0 Å². The second-order valence-corrected chi connectivity index (χ2v) is 4.69. The normalized spacial score (nSPS) is 10.2. The second kappa shape index (κ2) is 18.6. The molecule has 0 aromatic carbocycles. The maximum Gasteiger partial charge on any atom is 0.300 e. The predicted octanol–water partition coefficient (Wildman–Crippen LogP) is 5.57. The maximum atomic E-state index is 9.00. The van der Waals surface area contributed by atoms with Gasteiger partial charge < -0.3 is 5.11 Å². The Morgan fingerprint density at radius 3 is 1.72 bits per heavy atom. The molecule has 0 bridgehead atoms. The van der Waals surface area contributed by atoms with Gasteiger partial charge in [0.25, 0.3) is 5.97 Å². The Bertz CT molecular complexity index is 182. The van der Waals surface area contributed by atoms with Gasteiger partial charge in [-0.2, -0.15) is 0 Å². The summed E-state index contributed by atoms with van der Waals surface area (Å²) in [6.45, 7) is 5.61. The van der Waals surface area contributed by atoms with Gasteiger partial charge in [0, 0.05) is 6.92 Å². The van der Waals surface area contributed by atoms with Gasteiger partial charge in [0.05, 0.1) is 0 Å². The first-order valence-corrected chi connectivity index (χ1v) is 7.49. The van der Waals surface area contributed by atoms with Crippen molar-refractivity contribution in [3.63, 3.8) is 0 Å². The minimum Gasteiger partial charge on any atom is -0.481 e. The molecule has 0 aliphatic carbocycles. The quantitative estimate of drug-likeness (QED) is 0.409. The Labute approximate surface area is 113 Å². The molecule has 0 atom stereocenters. The number of aliphatic carboxylic acids is 1. The number of hydrogen-bond donors (Lipinski definition) is 1. The summed E-state index contributed by atoms with van der Waals surface area (Å²) in [5, 5.41) is 7.42. The molecule has 0 heterocycles. The average molecular weight is 256 g/mol. The van der Waals surface area contributed by atoms with Gasteiger partial charge in [-0.1, -0.05) is 70.9 Å². The fraction of sp³-hybridized carbons (Fsp3) is 0.812. The predicted molar refractivity (Wildman–Crippen MR) is 80.0 cm³/mol. The van der Waals surface area contributed by atoms with Gasteiger partial charge in [-0.05, 0) is 19.3 Å². The van der Waals surface area contributed by atoms with E-state index in [1.165, 1.54) is 64.2 Å². The van der Waals surface area contributed by atoms with Crippen LogP contribution < -0.4 is 0 Å². The minimum atomic E-state index is -0.833. The van der Waals surface area contributed by atoms with E-state index in [1.807, 2.05) is 0 Å². The molecule has 0 aromatic heterocycles. The van der Waals surface area contributed by atoms with Gasteiger partial charge in [0.2, 0.25) is 0 Å². The molecule has 0 aromatic rings. The second-order valence-electron chi connectivity index (χ2n) is 4.69. The Hall–Kier alpha value is -0.790. The minimum absolute atomic E-state index is 0.833. The highest BCUT2D eigenvalue weighted by Gasteiger charge is 1.87. The van der Waals surface area contributed by atoms with Crippen molar-refractivity contribution in [2.24, 2.45) is 0 Å². The van der Waals surface area contributed by atoms with E-state index in [0.717, 1.165) is 6.92 Å². The van der Waals surface area contributed by atoms with E-state index in [1.54, 1.807) is 0 Å². The number of carboxylic acid groups (broad SMARTS) is 1. The van der Waals surface area contributed by atoms with E-state index >= 15 is 0 Å². The molecule has 0 spiro atoms. The number of hydrogen-bond acceptors (Lipinski definition) is 1. The van der Waals surface area contributed by atoms with E-state index in [2.05, 4.69) is 26.0 Å². The molecule has 0 unspecified atom stereocenters. The molecule has 18 heavy (non-hydrogen) atoms. The molecule has 2 heteroatoms. The lowest BCUT2D eigenvalue weighted by Gasteiger charge is -1.97. The molecular weight excluding hydrogens is 224 g/mol. The molecule has 0 aliphatic heterocycles. The third-order valence-corrected chi connectivity index (χ3v) is 2.62. The van der Waals surface area contributed by atoms with Crippen LogP contribution in [0.1, 0.15) is 85.0 Å².